The molecule has 8 heteroatoms. The summed E-state index contributed by atoms with van der Waals surface area (Å²) in [7, 11) is -3.73. The van der Waals surface area contributed by atoms with Crippen LogP contribution in [0.4, 0.5) is 5.69 Å². The number of carbonyl (C=O) groups excluding carboxylic acids is 1. The van der Waals surface area contributed by atoms with Gasteiger partial charge in [0, 0.05) is 11.9 Å². The zero-order chi connectivity index (χ0) is 16.4. The van der Waals surface area contributed by atoms with Gasteiger partial charge in [-0.3, -0.25) is 14.5 Å². The number of benzene rings is 1. The fourth-order valence-corrected chi connectivity index (χ4v) is 1.96. The van der Waals surface area contributed by atoms with Gasteiger partial charge in [-0.1, -0.05) is 0 Å². The third kappa shape index (κ3) is 3.72. The highest BCUT2D eigenvalue weighted by Crippen LogP contribution is 2.25. The van der Waals surface area contributed by atoms with E-state index in [-0.39, 0.29) is 11.4 Å². The summed E-state index contributed by atoms with van der Waals surface area (Å²) in [6.07, 6.45) is 0.917. The van der Waals surface area contributed by atoms with Gasteiger partial charge < -0.3 is 10.2 Å². The van der Waals surface area contributed by atoms with Gasteiger partial charge in [0.2, 0.25) is 5.91 Å². The van der Waals surface area contributed by atoms with Gasteiger partial charge in [0.25, 0.3) is 0 Å². The first kappa shape index (κ1) is 17.0. The summed E-state index contributed by atoms with van der Waals surface area (Å²) in [6.45, 7) is 1.77. The van der Waals surface area contributed by atoms with Crippen LogP contribution in [0.5, 0.6) is 5.75 Å². The van der Waals surface area contributed by atoms with E-state index in [2.05, 4.69) is 0 Å². The van der Waals surface area contributed by atoms with E-state index in [1.165, 1.54) is 38.1 Å². The second kappa shape index (κ2) is 5.72. The average Bonchev–Trinajstić information content (AvgIpc) is 2.34. The number of rotatable bonds is 5. The molecule has 116 valence electrons. The second-order valence-electron chi connectivity index (χ2n) is 5.08. The number of phenols is 1. The lowest BCUT2D eigenvalue weighted by Gasteiger charge is -2.29. The van der Waals surface area contributed by atoms with Crippen LogP contribution >= 0.6 is 0 Å². The van der Waals surface area contributed by atoms with Crippen molar-refractivity contribution in [3.05, 3.63) is 24.3 Å². The smallest absolute Gasteiger partial charge is 0.323 e. The second-order valence-corrected chi connectivity index (χ2v) is 7.65. The number of carboxylic acid groups (broad SMARTS) is 1. The van der Waals surface area contributed by atoms with Crippen LogP contribution in [0.15, 0.2) is 24.3 Å². The van der Waals surface area contributed by atoms with Crippen LogP contribution in [0.2, 0.25) is 0 Å². The van der Waals surface area contributed by atoms with Crippen molar-refractivity contribution in [2.75, 3.05) is 17.7 Å². The van der Waals surface area contributed by atoms with Gasteiger partial charge in [-0.05, 0) is 38.1 Å². The number of carbonyl (C=O) groups is 2. The molecule has 0 aliphatic heterocycles. The van der Waals surface area contributed by atoms with Crippen molar-refractivity contribution in [3.8, 4) is 5.75 Å². The molecule has 0 fully saturated rings. The van der Waals surface area contributed by atoms with E-state index in [1.54, 1.807) is 0 Å². The summed E-state index contributed by atoms with van der Waals surface area (Å²) < 4.78 is 21.7. The van der Waals surface area contributed by atoms with Crippen LogP contribution in [0.3, 0.4) is 0 Å². The van der Waals surface area contributed by atoms with Crippen LogP contribution in [0.25, 0.3) is 0 Å². The molecule has 0 heterocycles. The Kier molecular flexibility index (Phi) is 4.62. The van der Waals surface area contributed by atoms with Gasteiger partial charge in [0.15, 0.2) is 9.84 Å². The van der Waals surface area contributed by atoms with Gasteiger partial charge in [-0.25, -0.2) is 8.42 Å². The Hall–Kier alpha value is -2.09. The first-order chi connectivity index (χ1) is 9.46. The molecule has 1 amide bonds. The number of carboxylic acids is 1. The monoisotopic (exact) mass is 315 g/mol. The van der Waals surface area contributed by atoms with Crippen LogP contribution in [0.1, 0.15) is 13.8 Å². The highest BCUT2D eigenvalue weighted by Gasteiger charge is 2.42. The van der Waals surface area contributed by atoms with Gasteiger partial charge in [0.1, 0.15) is 17.0 Å². The molecule has 0 aromatic heterocycles. The molecule has 1 rings (SSSR count). The van der Waals surface area contributed by atoms with E-state index < -0.39 is 33.0 Å². The molecule has 21 heavy (non-hydrogen) atoms. The lowest BCUT2D eigenvalue weighted by Crippen LogP contribution is -2.51. The standard InChI is InChI=1S/C13H17NO6S/c1-13(2,21(3,19)20)12(18)14(8-11(16)17)9-4-6-10(15)7-5-9/h4-7,15H,8H2,1-3H3,(H,16,17). The maximum Gasteiger partial charge on any atom is 0.323 e. The van der Waals surface area contributed by atoms with Crippen molar-refractivity contribution in [1.82, 2.24) is 0 Å². The van der Waals surface area contributed by atoms with Crippen molar-refractivity contribution in [1.29, 1.82) is 0 Å². The number of anilines is 1. The molecule has 1 aromatic rings. The fraction of sp³-hybridized carbons (Fsp3) is 0.385. The zero-order valence-corrected chi connectivity index (χ0v) is 12.7. The summed E-state index contributed by atoms with van der Waals surface area (Å²) in [5, 5.41) is 18.2. The average molecular weight is 315 g/mol. The van der Waals surface area contributed by atoms with Gasteiger partial charge in [0.05, 0.1) is 0 Å². The highest BCUT2D eigenvalue weighted by atomic mass is 32.2. The largest absolute Gasteiger partial charge is 0.508 e. The summed E-state index contributed by atoms with van der Waals surface area (Å²) in [5.41, 5.74) is 0.192. The molecule has 2 N–H and O–H groups in total. The lowest BCUT2D eigenvalue weighted by molar-refractivity contribution is -0.136. The van der Waals surface area contributed by atoms with E-state index >= 15 is 0 Å². The SMILES string of the molecule is CC(C)(C(=O)N(CC(=O)O)c1ccc(O)cc1)S(C)(=O)=O. The van der Waals surface area contributed by atoms with Crippen molar-refractivity contribution < 1.29 is 28.2 Å². The molecule has 0 bridgehead atoms. The van der Waals surface area contributed by atoms with Gasteiger partial charge in [-0.15, -0.1) is 0 Å². The van der Waals surface area contributed by atoms with E-state index in [4.69, 9.17) is 5.11 Å². The van der Waals surface area contributed by atoms with Crippen LogP contribution < -0.4 is 4.90 Å². The Morgan fingerprint density at radius 1 is 1.19 bits per heavy atom. The van der Waals surface area contributed by atoms with Gasteiger partial charge in [-0.2, -0.15) is 0 Å². The van der Waals surface area contributed by atoms with Crippen molar-refractivity contribution in [3.63, 3.8) is 0 Å². The minimum absolute atomic E-state index is 0.0520. The van der Waals surface area contributed by atoms with Crippen LogP contribution in [-0.4, -0.2) is 48.1 Å². The number of nitrogens with zero attached hydrogens (tertiary/aromatic N) is 1. The first-order valence-corrected chi connectivity index (χ1v) is 7.88. The Morgan fingerprint density at radius 3 is 2.05 bits per heavy atom. The topological polar surface area (TPSA) is 112 Å². The predicted molar refractivity (Wildman–Crippen MR) is 77.0 cm³/mol. The highest BCUT2D eigenvalue weighted by molar-refractivity contribution is 7.92. The Morgan fingerprint density at radius 2 is 1.67 bits per heavy atom. The molecule has 7 nitrogen and oxygen atoms in total. The van der Waals surface area contributed by atoms with Crippen LogP contribution in [-0.2, 0) is 19.4 Å². The molecule has 0 unspecified atom stereocenters. The number of aliphatic carboxylic acids is 1. The molecular weight excluding hydrogens is 298 g/mol. The van der Waals surface area contributed by atoms with E-state index in [9.17, 15) is 23.1 Å². The third-order valence-electron chi connectivity index (χ3n) is 3.14. The van der Waals surface area contributed by atoms with Crippen LogP contribution in [0, 0.1) is 0 Å². The number of phenolic OH excluding ortho intramolecular Hbond substituents is 1. The molecule has 0 saturated carbocycles. The molecule has 0 atom stereocenters. The minimum atomic E-state index is -3.73. The van der Waals surface area contributed by atoms with Crippen molar-refractivity contribution >= 4 is 27.4 Å². The number of aromatic hydroxyl groups is 1. The fourth-order valence-electron chi connectivity index (χ4n) is 1.53. The molecule has 0 spiro atoms. The summed E-state index contributed by atoms with van der Waals surface area (Å²) in [6, 6.07) is 5.25. The maximum absolute atomic E-state index is 12.5. The molecule has 0 radical (unpaired) electrons. The Balaban J connectivity index is 3.29. The summed E-state index contributed by atoms with van der Waals surface area (Å²) in [4.78, 5) is 24.3. The lowest BCUT2D eigenvalue weighted by atomic mass is 10.1. The quantitative estimate of drug-likeness (QED) is 0.824. The summed E-state index contributed by atoms with van der Waals surface area (Å²) in [5.74, 6) is -2.18. The number of hydrogen-bond donors (Lipinski definition) is 2. The van der Waals surface area contributed by atoms with Crippen molar-refractivity contribution in [2.24, 2.45) is 0 Å². The normalized spacial score (nSPS) is 12.0. The molecule has 1 aromatic carbocycles. The molecule has 0 aliphatic carbocycles. The molecular formula is C13H17NO6S. The molecule has 0 aliphatic rings. The third-order valence-corrected chi connectivity index (χ3v) is 5.17. The van der Waals surface area contributed by atoms with E-state index in [1.807, 2.05) is 0 Å². The number of hydrogen-bond acceptors (Lipinski definition) is 5. The summed E-state index contributed by atoms with van der Waals surface area (Å²) >= 11 is 0. The van der Waals surface area contributed by atoms with Gasteiger partial charge >= 0.3 is 5.97 Å². The number of sulfone groups is 1. The Labute approximate surface area is 122 Å². The predicted octanol–water partition coefficient (Wildman–Crippen LogP) is 0.633. The first-order valence-electron chi connectivity index (χ1n) is 5.99. The molecule has 0 saturated heterocycles. The maximum atomic E-state index is 12.5. The Bertz CT molecular complexity index is 648. The van der Waals surface area contributed by atoms with E-state index in [0.29, 0.717) is 0 Å². The zero-order valence-electron chi connectivity index (χ0n) is 11.9. The number of amides is 1. The van der Waals surface area contributed by atoms with Crippen molar-refractivity contribution in [2.45, 2.75) is 18.6 Å². The van der Waals surface area contributed by atoms with E-state index in [0.717, 1.165) is 11.2 Å². The minimum Gasteiger partial charge on any atom is -0.508 e.